The van der Waals surface area contributed by atoms with Crippen LogP contribution in [0, 0.1) is 5.92 Å². The van der Waals surface area contributed by atoms with E-state index in [0.717, 1.165) is 12.8 Å². The van der Waals surface area contributed by atoms with Crippen molar-refractivity contribution in [2.75, 3.05) is 0 Å². The van der Waals surface area contributed by atoms with Gasteiger partial charge in [-0.05, 0) is 39.0 Å². The molecule has 2 atom stereocenters. The van der Waals surface area contributed by atoms with E-state index >= 15 is 0 Å². The Bertz CT molecular complexity index is 325. The maximum Gasteiger partial charge on any atom is 0.246 e. The van der Waals surface area contributed by atoms with Gasteiger partial charge < -0.3 is 10.6 Å². The Kier molecular flexibility index (Phi) is 2.07. The summed E-state index contributed by atoms with van der Waals surface area (Å²) in [6.45, 7) is 5.50. The molecule has 2 aliphatic rings. The number of nitrogens with one attached hydrogen (secondary N) is 2. The van der Waals surface area contributed by atoms with E-state index in [0.29, 0.717) is 12.3 Å². The summed E-state index contributed by atoms with van der Waals surface area (Å²) in [5, 5.41) is 5.75. The molecule has 2 unspecified atom stereocenters. The van der Waals surface area contributed by atoms with E-state index < -0.39 is 11.1 Å². The van der Waals surface area contributed by atoms with Crippen LogP contribution in [0.25, 0.3) is 0 Å². The first-order chi connectivity index (χ1) is 6.92. The zero-order valence-corrected chi connectivity index (χ0v) is 9.52. The standard InChI is InChI=1S/C11H18N2O2/c1-4-10(2)8(14)13-11(3,7-5-6-7)9(15)12-10/h7H,4-6H2,1-3H3,(H,12,15)(H,13,14). The molecule has 0 bridgehead atoms. The lowest BCUT2D eigenvalue weighted by atomic mass is 9.85. The average Bonchev–Trinajstić information content (AvgIpc) is 2.98. The van der Waals surface area contributed by atoms with Crippen LogP contribution in [0.5, 0.6) is 0 Å². The first kappa shape index (κ1) is 10.5. The fourth-order valence-electron chi connectivity index (χ4n) is 2.06. The van der Waals surface area contributed by atoms with Crippen molar-refractivity contribution < 1.29 is 9.59 Å². The van der Waals surface area contributed by atoms with Crippen LogP contribution in [0.4, 0.5) is 0 Å². The van der Waals surface area contributed by atoms with E-state index in [1.165, 1.54) is 0 Å². The fourth-order valence-corrected chi connectivity index (χ4v) is 2.06. The summed E-state index contributed by atoms with van der Waals surface area (Å²) in [5.74, 6) is 0.232. The Morgan fingerprint density at radius 3 is 2.27 bits per heavy atom. The molecule has 0 spiro atoms. The predicted molar refractivity (Wildman–Crippen MR) is 56.1 cm³/mol. The zero-order chi connectivity index (χ0) is 11.3. The summed E-state index contributed by atoms with van der Waals surface area (Å²) >= 11 is 0. The van der Waals surface area contributed by atoms with Gasteiger partial charge in [0.25, 0.3) is 0 Å². The van der Waals surface area contributed by atoms with Gasteiger partial charge in [-0.2, -0.15) is 0 Å². The maximum absolute atomic E-state index is 12.0. The van der Waals surface area contributed by atoms with E-state index in [2.05, 4.69) is 10.6 Å². The van der Waals surface area contributed by atoms with Crippen molar-refractivity contribution in [3.8, 4) is 0 Å². The highest BCUT2D eigenvalue weighted by Gasteiger charge is 2.54. The minimum atomic E-state index is -0.731. The van der Waals surface area contributed by atoms with E-state index in [1.807, 2.05) is 13.8 Å². The lowest BCUT2D eigenvalue weighted by Crippen LogP contribution is -2.73. The third-order valence-corrected chi connectivity index (χ3v) is 3.84. The van der Waals surface area contributed by atoms with Crippen LogP contribution in [-0.4, -0.2) is 22.9 Å². The van der Waals surface area contributed by atoms with Gasteiger partial charge in [-0.3, -0.25) is 9.59 Å². The van der Waals surface area contributed by atoms with Crippen molar-refractivity contribution in [1.29, 1.82) is 0 Å². The molecule has 1 heterocycles. The summed E-state index contributed by atoms with van der Waals surface area (Å²) in [6, 6.07) is 0. The first-order valence-corrected chi connectivity index (χ1v) is 5.57. The van der Waals surface area contributed by atoms with Crippen molar-refractivity contribution in [2.24, 2.45) is 5.92 Å². The molecule has 1 aliphatic heterocycles. The highest BCUT2D eigenvalue weighted by molar-refractivity contribution is 6.02. The second-order valence-electron chi connectivity index (χ2n) is 5.07. The number of rotatable bonds is 2. The predicted octanol–water partition coefficient (Wildman–Crippen LogP) is 0.570. The van der Waals surface area contributed by atoms with E-state index in [9.17, 15) is 9.59 Å². The quantitative estimate of drug-likeness (QED) is 0.700. The van der Waals surface area contributed by atoms with Gasteiger partial charge in [0.15, 0.2) is 0 Å². The number of carbonyl (C=O) groups is 2. The van der Waals surface area contributed by atoms with Gasteiger partial charge in [0.2, 0.25) is 11.8 Å². The SMILES string of the molecule is CCC1(C)NC(=O)C(C)(C2CC2)NC1=O. The van der Waals surface area contributed by atoms with Gasteiger partial charge in [-0.25, -0.2) is 0 Å². The van der Waals surface area contributed by atoms with Crippen LogP contribution >= 0.6 is 0 Å². The summed E-state index contributed by atoms with van der Waals surface area (Å²) in [6.07, 6.45) is 2.69. The van der Waals surface area contributed by atoms with Crippen LogP contribution in [0.3, 0.4) is 0 Å². The van der Waals surface area contributed by atoms with Crippen molar-refractivity contribution >= 4 is 11.8 Å². The highest BCUT2D eigenvalue weighted by atomic mass is 16.2. The number of amides is 2. The maximum atomic E-state index is 12.0. The monoisotopic (exact) mass is 210 g/mol. The molecule has 2 N–H and O–H groups in total. The molecule has 1 saturated heterocycles. The Balaban J connectivity index is 2.23. The van der Waals surface area contributed by atoms with Gasteiger partial charge >= 0.3 is 0 Å². The molecule has 2 fully saturated rings. The van der Waals surface area contributed by atoms with Crippen molar-refractivity contribution in [3.63, 3.8) is 0 Å². The molecule has 2 rings (SSSR count). The Hall–Kier alpha value is -1.06. The molecule has 0 radical (unpaired) electrons. The van der Waals surface area contributed by atoms with Crippen LogP contribution in [-0.2, 0) is 9.59 Å². The highest BCUT2D eigenvalue weighted by Crippen LogP contribution is 2.41. The Morgan fingerprint density at radius 1 is 1.20 bits per heavy atom. The Morgan fingerprint density at radius 2 is 1.80 bits per heavy atom. The van der Waals surface area contributed by atoms with Crippen molar-refractivity contribution in [3.05, 3.63) is 0 Å². The van der Waals surface area contributed by atoms with Gasteiger partial charge in [0.05, 0.1) is 0 Å². The van der Waals surface area contributed by atoms with Gasteiger partial charge in [0, 0.05) is 0 Å². The third-order valence-electron chi connectivity index (χ3n) is 3.84. The average molecular weight is 210 g/mol. The van der Waals surface area contributed by atoms with E-state index in [1.54, 1.807) is 6.92 Å². The molecular weight excluding hydrogens is 192 g/mol. The van der Waals surface area contributed by atoms with Crippen LogP contribution in [0.2, 0.25) is 0 Å². The summed E-state index contributed by atoms with van der Waals surface area (Å²) in [5.41, 5.74) is -1.41. The van der Waals surface area contributed by atoms with E-state index in [-0.39, 0.29) is 11.8 Å². The van der Waals surface area contributed by atoms with Crippen LogP contribution in [0.1, 0.15) is 40.0 Å². The van der Waals surface area contributed by atoms with Crippen LogP contribution < -0.4 is 10.6 Å². The summed E-state index contributed by atoms with van der Waals surface area (Å²) < 4.78 is 0. The zero-order valence-electron chi connectivity index (χ0n) is 9.52. The smallest absolute Gasteiger partial charge is 0.246 e. The summed E-state index contributed by atoms with van der Waals surface area (Å²) in [7, 11) is 0. The largest absolute Gasteiger partial charge is 0.340 e. The number of piperazine rings is 1. The molecule has 15 heavy (non-hydrogen) atoms. The number of carbonyl (C=O) groups excluding carboxylic acids is 2. The molecule has 0 aromatic heterocycles. The molecule has 1 aliphatic carbocycles. The van der Waals surface area contributed by atoms with Crippen LogP contribution in [0.15, 0.2) is 0 Å². The van der Waals surface area contributed by atoms with Crippen molar-refractivity contribution in [1.82, 2.24) is 10.6 Å². The number of hydrogen-bond donors (Lipinski definition) is 2. The topological polar surface area (TPSA) is 58.2 Å². The minimum absolute atomic E-state index is 0.0334. The molecule has 4 heteroatoms. The van der Waals surface area contributed by atoms with Gasteiger partial charge in [0.1, 0.15) is 11.1 Å². The van der Waals surface area contributed by atoms with Gasteiger partial charge in [-0.1, -0.05) is 6.92 Å². The lowest BCUT2D eigenvalue weighted by molar-refractivity contribution is -0.146. The molecule has 2 amide bonds. The molecule has 4 nitrogen and oxygen atoms in total. The second-order valence-corrected chi connectivity index (χ2v) is 5.07. The fraction of sp³-hybridized carbons (Fsp3) is 0.818. The van der Waals surface area contributed by atoms with E-state index in [4.69, 9.17) is 0 Å². The lowest BCUT2D eigenvalue weighted by Gasteiger charge is -2.42. The minimum Gasteiger partial charge on any atom is -0.340 e. The Labute approximate surface area is 89.8 Å². The van der Waals surface area contributed by atoms with Crippen molar-refractivity contribution in [2.45, 2.75) is 51.1 Å². The second kappa shape index (κ2) is 2.97. The normalized spacial score (nSPS) is 41.0. The molecule has 0 aromatic rings. The first-order valence-electron chi connectivity index (χ1n) is 5.57. The molecule has 84 valence electrons. The number of hydrogen-bond acceptors (Lipinski definition) is 2. The van der Waals surface area contributed by atoms with Gasteiger partial charge in [-0.15, -0.1) is 0 Å². The molecule has 1 saturated carbocycles. The summed E-state index contributed by atoms with van der Waals surface area (Å²) in [4.78, 5) is 23.9. The molecule has 0 aromatic carbocycles. The third kappa shape index (κ3) is 1.43. The molecular formula is C11H18N2O2.